The van der Waals surface area contributed by atoms with Crippen LogP contribution in [0.3, 0.4) is 0 Å². The fourth-order valence-corrected chi connectivity index (χ4v) is 1.77. The summed E-state index contributed by atoms with van der Waals surface area (Å²) in [4.78, 5) is 0. The third-order valence-corrected chi connectivity index (χ3v) is 3.76. The van der Waals surface area contributed by atoms with E-state index >= 15 is 0 Å². The molecule has 0 saturated carbocycles. The molecule has 0 aromatic heterocycles. The first-order valence-corrected chi connectivity index (χ1v) is 7.86. The fraction of sp³-hybridized carbons (Fsp3) is 0.526. The molecular formula is C19H34BO2Y. The molecule has 0 unspecified atom stereocenters. The van der Waals surface area contributed by atoms with E-state index in [1.807, 2.05) is 73.6 Å². The van der Waals surface area contributed by atoms with Crippen LogP contribution in [0.4, 0.5) is 0 Å². The van der Waals surface area contributed by atoms with Crippen LogP contribution in [-0.4, -0.2) is 18.3 Å². The summed E-state index contributed by atoms with van der Waals surface area (Å²) in [5.41, 5.74) is 2.24. The van der Waals surface area contributed by atoms with Gasteiger partial charge in [0.15, 0.2) is 0 Å². The van der Waals surface area contributed by atoms with Gasteiger partial charge in [0.1, 0.15) is 0 Å². The number of rotatable bonds is 1. The van der Waals surface area contributed by atoms with Crippen molar-refractivity contribution in [3.05, 3.63) is 50.6 Å². The maximum atomic E-state index is 5.97. The minimum atomic E-state index is -0.318. The smallest absolute Gasteiger partial charge is 0.400 e. The van der Waals surface area contributed by atoms with Gasteiger partial charge >= 0.3 is 39.8 Å². The van der Waals surface area contributed by atoms with E-state index in [4.69, 9.17) is 9.31 Å². The largest absolute Gasteiger partial charge is 3.00 e. The third kappa shape index (κ3) is 6.82. The monoisotopic (exact) mass is 394 g/mol. The Morgan fingerprint density at radius 3 is 1.57 bits per heavy atom. The Labute approximate surface area is 171 Å². The van der Waals surface area contributed by atoms with Gasteiger partial charge in [0.05, 0.1) is 11.2 Å². The van der Waals surface area contributed by atoms with Crippen molar-refractivity contribution in [1.29, 1.82) is 0 Å². The van der Waals surface area contributed by atoms with Crippen molar-refractivity contribution in [1.82, 2.24) is 0 Å². The molecule has 0 spiro atoms. The van der Waals surface area contributed by atoms with Crippen LogP contribution < -0.4 is 5.46 Å². The Hall–Kier alpha value is 0.0488. The predicted octanol–water partition coefficient (Wildman–Crippen LogP) is 4.85. The van der Waals surface area contributed by atoms with Crippen LogP contribution in [0.1, 0.15) is 66.5 Å². The molecule has 1 saturated heterocycles. The van der Waals surface area contributed by atoms with Gasteiger partial charge in [-0.1, -0.05) is 33.2 Å². The van der Waals surface area contributed by atoms with E-state index in [1.165, 1.54) is 0 Å². The van der Waals surface area contributed by atoms with Gasteiger partial charge in [-0.2, -0.15) is 0 Å². The first-order valence-electron chi connectivity index (χ1n) is 7.86. The van der Waals surface area contributed by atoms with Crippen molar-refractivity contribution in [2.45, 2.75) is 66.6 Å². The normalized spacial score (nSPS) is 16.6. The quantitative estimate of drug-likeness (QED) is 0.501. The zero-order valence-corrected chi connectivity index (χ0v) is 19.5. The van der Waals surface area contributed by atoms with Crippen LogP contribution in [0.15, 0.2) is 18.2 Å². The molecule has 2 nitrogen and oxygen atoms in total. The van der Waals surface area contributed by atoms with Gasteiger partial charge in [-0.15, -0.1) is 6.07 Å². The molecule has 1 aromatic carbocycles. The molecule has 1 aliphatic heterocycles. The minimum Gasteiger partial charge on any atom is -0.400 e. The Bertz CT molecular complexity index is 429. The summed E-state index contributed by atoms with van der Waals surface area (Å²) in [5, 5.41) is 0. The van der Waals surface area contributed by atoms with Gasteiger partial charge in [-0.05, 0) is 27.7 Å². The fourth-order valence-electron chi connectivity index (χ4n) is 1.77. The summed E-state index contributed by atoms with van der Waals surface area (Å²) in [7, 11) is -0.318. The predicted molar refractivity (Wildman–Crippen MR) is 100 cm³/mol. The van der Waals surface area contributed by atoms with Crippen molar-refractivity contribution in [2.24, 2.45) is 0 Å². The summed E-state index contributed by atoms with van der Waals surface area (Å²) in [6.07, 6.45) is 0. The molecule has 1 fully saturated rings. The molecule has 0 atom stereocenters. The van der Waals surface area contributed by atoms with Crippen LogP contribution >= 0.6 is 0 Å². The summed E-state index contributed by atoms with van der Waals surface area (Å²) in [6, 6.07) is 5.91. The van der Waals surface area contributed by atoms with E-state index in [1.54, 1.807) is 0 Å². The van der Waals surface area contributed by atoms with Crippen LogP contribution in [0.2, 0.25) is 0 Å². The van der Waals surface area contributed by atoms with Crippen molar-refractivity contribution in [3.63, 3.8) is 0 Å². The summed E-state index contributed by atoms with van der Waals surface area (Å²) in [5.74, 6) is 0. The van der Waals surface area contributed by atoms with Crippen LogP contribution in [0, 0.1) is 21.3 Å². The van der Waals surface area contributed by atoms with Gasteiger partial charge in [0.25, 0.3) is 0 Å². The zero-order valence-electron chi connectivity index (χ0n) is 16.6. The first-order chi connectivity index (χ1) is 9.73. The first kappa shape index (κ1) is 27.9. The maximum Gasteiger partial charge on any atom is 3.00 e. The van der Waals surface area contributed by atoms with Gasteiger partial charge in [-0.25, -0.2) is 12.1 Å². The molecule has 1 aromatic rings. The van der Waals surface area contributed by atoms with Gasteiger partial charge in [-0.3, -0.25) is 25.0 Å². The number of hydrogen-bond acceptors (Lipinski definition) is 2. The summed E-state index contributed by atoms with van der Waals surface area (Å²) in [6.45, 7) is 24.0. The van der Waals surface area contributed by atoms with Crippen molar-refractivity contribution in [3.8, 4) is 0 Å². The molecule has 0 amide bonds. The van der Waals surface area contributed by atoms with E-state index in [-0.39, 0.29) is 58.5 Å². The van der Waals surface area contributed by atoms with Crippen LogP contribution in [0.5, 0.6) is 0 Å². The average molecular weight is 394 g/mol. The Kier molecular flexibility index (Phi) is 14.0. The molecule has 0 bridgehead atoms. The molecule has 1 heterocycles. The van der Waals surface area contributed by atoms with Crippen LogP contribution in [-0.2, 0) is 42.0 Å². The summed E-state index contributed by atoms with van der Waals surface area (Å²) >= 11 is 0. The molecule has 1 aliphatic rings. The molecule has 0 aliphatic carbocycles. The molecule has 2 rings (SSSR count). The van der Waals surface area contributed by atoms with Gasteiger partial charge < -0.3 is 16.7 Å². The van der Waals surface area contributed by atoms with E-state index in [0.717, 1.165) is 16.6 Å². The zero-order chi connectivity index (χ0) is 16.8. The second-order valence-electron chi connectivity index (χ2n) is 5.62. The average Bonchev–Trinajstić information content (AvgIpc) is 2.66. The molecular weight excluding hydrogens is 360 g/mol. The summed E-state index contributed by atoms with van der Waals surface area (Å²) < 4.78 is 11.9. The van der Waals surface area contributed by atoms with Crippen molar-refractivity contribution < 1.29 is 42.0 Å². The van der Waals surface area contributed by atoms with E-state index < -0.39 is 0 Å². The maximum absolute atomic E-state index is 5.97. The molecule has 23 heavy (non-hydrogen) atoms. The number of benzene rings is 1. The molecule has 128 valence electrons. The van der Waals surface area contributed by atoms with Gasteiger partial charge in [0.2, 0.25) is 0 Å². The second kappa shape index (κ2) is 11.6. The second-order valence-corrected chi connectivity index (χ2v) is 5.62. The Morgan fingerprint density at radius 1 is 0.826 bits per heavy atom. The SMILES string of the molecule is CC.CC.[CH2-]c1ccc(B2OC(C)(C)C(C)(C)O2)cc1[CH2-].[CH3-].[Y+3]. The molecule has 4 heteroatoms. The van der Waals surface area contributed by atoms with E-state index in [9.17, 15) is 0 Å². The molecule has 0 N–H and O–H groups in total. The van der Waals surface area contributed by atoms with Gasteiger partial charge in [0, 0.05) is 0 Å². The standard InChI is InChI=1S/C14H19BO2.2C2H6.CH3.Y/c1-10-7-8-12(9-11(10)2)15-16-13(3,4)14(5,6)17-15;2*1-2;;/h7-9H,1-2H2,3-6H3;2*1-2H3;1H3;/q-2;;;-1;+3. The Balaban J connectivity index is -0.000000619. The Morgan fingerprint density at radius 2 is 1.22 bits per heavy atom. The van der Waals surface area contributed by atoms with Crippen molar-refractivity contribution >= 4 is 12.6 Å². The molecule has 0 radical (unpaired) electrons. The van der Waals surface area contributed by atoms with E-state index in [2.05, 4.69) is 13.8 Å². The van der Waals surface area contributed by atoms with E-state index in [0.29, 0.717) is 0 Å². The topological polar surface area (TPSA) is 18.5 Å². The number of hydrogen-bond donors (Lipinski definition) is 0. The van der Waals surface area contributed by atoms with Crippen LogP contribution in [0.25, 0.3) is 0 Å². The van der Waals surface area contributed by atoms with Crippen molar-refractivity contribution in [2.75, 3.05) is 0 Å². The minimum absolute atomic E-state index is 0. The third-order valence-electron chi connectivity index (χ3n) is 3.76.